The molecule has 0 radical (unpaired) electrons. The van der Waals surface area contributed by atoms with Gasteiger partial charge in [-0.15, -0.1) is 0 Å². The van der Waals surface area contributed by atoms with Crippen LogP contribution in [0.15, 0.2) is 174 Å². The second kappa shape index (κ2) is 19.8. The van der Waals surface area contributed by atoms with Gasteiger partial charge in [0.25, 0.3) is 0 Å². The van der Waals surface area contributed by atoms with Gasteiger partial charge in [-0.2, -0.15) is 0 Å². The average Bonchev–Trinajstić information content (AvgIpc) is 3.79. The molecule has 0 unspecified atom stereocenters. The molecule has 0 bridgehead atoms. The number of hydrogen-bond donors (Lipinski definition) is 0. The smallest absolute Gasteiger partial charge is 0.405 e. The highest BCUT2D eigenvalue weighted by atomic mass is 79.9. The van der Waals surface area contributed by atoms with Crippen LogP contribution in [0.4, 0.5) is 0 Å². The number of benzene rings is 6. The van der Waals surface area contributed by atoms with Crippen molar-refractivity contribution >= 4 is 88.6 Å². The maximum atomic E-state index is 14.8. The summed E-state index contributed by atoms with van der Waals surface area (Å²) in [6, 6.07) is 54.3. The SMILES string of the molecule is CC1(C)OB(B2OC(C)(C)C(C)(C)O2)OC1(C)C.CC1(C)OB(c2ccccc2P(=O)(c2ccccc2)c2ccccc2)OC1(C)C.O=P(c1ccccc1)(c1ccccc1)c1ccccc1Br. The molecule has 68 heavy (non-hydrogen) atoms. The fourth-order valence-corrected chi connectivity index (χ4v) is 14.7. The second-order valence-corrected chi connectivity index (χ2v) is 26.7. The van der Waals surface area contributed by atoms with Crippen LogP contribution >= 0.6 is 30.2 Å². The number of halogens is 1. The van der Waals surface area contributed by atoms with Crippen LogP contribution in [-0.2, 0) is 37.1 Å². The van der Waals surface area contributed by atoms with Gasteiger partial charge in [0.15, 0.2) is 14.3 Å². The van der Waals surface area contributed by atoms with E-state index in [-0.39, 0.29) is 22.4 Å². The predicted octanol–water partition coefficient (Wildman–Crippen LogP) is 9.96. The Morgan fingerprint density at radius 1 is 0.338 bits per heavy atom. The molecule has 3 aliphatic heterocycles. The summed E-state index contributed by atoms with van der Waals surface area (Å²) in [6.45, 7) is 24.3. The molecule has 0 N–H and O–H groups in total. The highest BCUT2D eigenvalue weighted by Gasteiger charge is 2.64. The lowest BCUT2D eigenvalue weighted by Crippen LogP contribution is -2.45. The van der Waals surface area contributed by atoms with Crippen LogP contribution in [-0.4, -0.2) is 54.7 Å². The summed E-state index contributed by atoms with van der Waals surface area (Å²) in [4.78, 5) is 0. The molecule has 354 valence electrons. The van der Waals surface area contributed by atoms with Gasteiger partial charge in [0.1, 0.15) is 0 Å². The second-order valence-electron chi connectivity index (χ2n) is 20.4. The van der Waals surface area contributed by atoms with Crippen LogP contribution < -0.4 is 37.3 Å². The Bertz CT molecular complexity index is 2590. The predicted molar refractivity (Wildman–Crippen MR) is 287 cm³/mol. The lowest BCUT2D eigenvalue weighted by Gasteiger charge is -2.32. The fraction of sp³-hybridized carbons (Fsp3) is 0.333. The fourth-order valence-electron chi connectivity index (χ4n) is 8.06. The third kappa shape index (κ3) is 10.2. The maximum Gasteiger partial charge on any atom is 0.495 e. The third-order valence-electron chi connectivity index (χ3n) is 14.2. The van der Waals surface area contributed by atoms with Crippen molar-refractivity contribution in [3.05, 3.63) is 174 Å². The van der Waals surface area contributed by atoms with E-state index in [4.69, 9.17) is 27.9 Å². The van der Waals surface area contributed by atoms with Crippen LogP contribution in [0.5, 0.6) is 0 Å². The highest BCUT2D eigenvalue weighted by molar-refractivity contribution is 9.10. The standard InChI is InChI=1S/C24H26BO3P.C18H14BrOP.C12H24B2O4/c1-23(2)24(3,4)28-25(27-23)21-17-11-12-18-22(21)29(26,19-13-7-5-8-14-19)20-15-9-6-10-16-20;19-17-13-7-8-14-18(17)21(20,15-9-3-1-4-10-15)16-11-5-2-6-12-16;1-9(2)10(3,4)16-13(15-9)14-17-11(5,6)12(7,8)18-14/h5-18H,1-4H3;1-14H;1-8H3. The van der Waals surface area contributed by atoms with Gasteiger partial charge in [-0.05, 0) is 101 Å². The van der Waals surface area contributed by atoms with Gasteiger partial charge in [0.2, 0.25) is 0 Å². The minimum atomic E-state index is -3.11. The van der Waals surface area contributed by atoms with E-state index in [9.17, 15) is 9.13 Å². The first-order valence-electron chi connectivity index (χ1n) is 23.2. The molecule has 8 nitrogen and oxygen atoms in total. The van der Waals surface area contributed by atoms with E-state index in [2.05, 4.69) is 15.9 Å². The zero-order valence-corrected chi connectivity index (χ0v) is 44.8. The normalized spacial score (nSPS) is 19.6. The van der Waals surface area contributed by atoms with Gasteiger partial charge in [0, 0.05) is 36.3 Å². The van der Waals surface area contributed by atoms with Crippen molar-refractivity contribution in [1.29, 1.82) is 0 Å². The molecule has 0 atom stereocenters. The molecule has 3 saturated heterocycles. The van der Waals surface area contributed by atoms with Crippen LogP contribution in [0.1, 0.15) is 83.1 Å². The lowest BCUT2D eigenvalue weighted by molar-refractivity contribution is 0.00578. The summed E-state index contributed by atoms with van der Waals surface area (Å²) < 4.78 is 66.2. The molecule has 3 aliphatic rings. The zero-order valence-electron chi connectivity index (χ0n) is 41.4. The zero-order chi connectivity index (χ0) is 49.4. The molecular weight excluding hydrogens is 951 g/mol. The van der Waals surface area contributed by atoms with E-state index in [1.54, 1.807) is 0 Å². The topological polar surface area (TPSA) is 89.5 Å². The summed E-state index contributed by atoms with van der Waals surface area (Å²) >= 11 is 3.55. The summed E-state index contributed by atoms with van der Waals surface area (Å²) in [5, 5.41) is 4.90. The van der Waals surface area contributed by atoms with Crippen molar-refractivity contribution in [1.82, 2.24) is 0 Å². The molecule has 14 heteroatoms. The Kier molecular flexibility index (Phi) is 15.1. The lowest BCUT2D eigenvalue weighted by atomic mass is 9.49. The van der Waals surface area contributed by atoms with Gasteiger partial charge in [-0.3, -0.25) is 0 Å². The van der Waals surface area contributed by atoms with Crippen LogP contribution in [0.2, 0.25) is 0 Å². The van der Waals surface area contributed by atoms with Crippen molar-refractivity contribution in [2.75, 3.05) is 0 Å². The quantitative estimate of drug-likeness (QED) is 0.110. The van der Waals surface area contributed by atoms with E-state index in [0.717, 1.165) is 41.8 Å². The number of hydrogen-bond acceptors (Lipinski definition) is 8. The summed E-state index contributed by atoms with van der Waals surface area (Å²) in [6.07, 6.45) is 0. The number of rotatable bonds is 8. The summed E-state index contributed by atoms with van der Waals surface area (Å²) in [7, 11) is -7.50. The average molecular weight is 1020 g/mol. The molecule has 0 amide bonds. The molecule has 3 fully saturated rings. The van der Waals surface area contributed by atoms with Crippen molar-refractivity contribution in [2.24, 2.45) is 0 Å². The molecule has 3 heterocycles. The summed E-state index contributed by atoms with van der Waals surface area (Å²) in [5.41, 5.74) is -1.55. The van der Waals surface area contributed by atoms with Crippen molar-refractivity contribution < 1.29 is 37.1 Å². The minimum Gasteiger partial charge on any atom is -0.405 e. The minimum absolute atomic E-state index is 0.360. The first-order valence-corrected chi connectivity index (χ1v) is 27.4. The van der Waals surface area contributed by atoms with E-state index in [0.29, 0.717) is 0 Å². The van der Waals surface area contributed by atoms with Crippen molar-refractivity contribution in [2.45, 2.75) is 117 Å². The Morgan fingerprint density at radius 2 is 0.588 bits per heavy atom. The van der Waals surface area contributed by atoms with E-state index in [1.165, 1.54) is 0 Å². The molecule has 6 aromatic carbocycles. The van der Waals surface area contributed by atoms with Gasteiger partial charge in [-0.1, -0.05) is 174 Å². The Labute approximate surface area is 414 Å². The largest absolute Gasteiger partial charge is 0.495 e. The van der Waals surface area contributed by atoms with E-state index >= 15 is 0 Å². The van der Waals surface area contributed by atoms with Gasteiger partial charge in [0.05, 0.1) is 33.6 Å². The Morgan fingerprint density at radius 3 is 0.912 bits per heavy atom. The van der Waals surface area contributed by atoms with Gasteiger partial charge in [-0.25, -0.2) is 0 Å². The van der Waals surface area contributed by atoms with Gasteiger partial charge >= 0.3 is 21.1 Å². The van der Waals surface area contributed by atoms with Crippen LogP contribution in [0.25, 0.3) is 0 Å². The molecule has 0 aromatic heterocycles. The first kappa shape index (κ1) is 52.0. The van der Waals surface area contributed by atoms with Crippen molar-refractivity contribution in [3.63, 3.8) is 0 Å². The monoisotopic (exact) mass is 1010 g/mol. The van der Waals surface area contributed by atoms with E-state index in [1.807, 2.05) is 253 Å². The maximum absolute atomic E-state index is 14.8. The molecule has 0 aliphatic carbocycles. The van der Waals surface area contributed by atoms with Gasteiger partial charge < -0.3 is 37.1 Å². The van der Waals surface area contributed by atoms with Crippen molar-refractivity contribution in [3.8, 4) is 0 Å². The Balaban J connectivity index is 0.000000156. The molecule has 6 aromatic rings. The highest BCUT2D eigenvalue weighted by Crippen LogP contribution is 2.46. The molecule has 9 rings (SSSR count). The first-order chi connectivity index (χ1) is 31.9. The third-order valence-corrected chi connectivity index (χ3v) is 21.5. The van der Waals surface area contributed by atoms with Crippen LogP contribution in [0.3, 0.4) is 0 Å². The Hall–Kier alpha value is -3.79. The molecule has 0 saturated carbocycles. The van der Waals surface area contributed by atoms with E-state index < -0.39 is 46.6 Å². The van der Waals surface area contributed by atoms with Crippen LogP contribution in [0, 0.1) is 0 Å². The molecular formula is C54H64B3BrO8P2. The molecule has 0 spiro atoms. The summed E-state index contributed by atoms with van der Waals surface area (Å²) in [5.74, 6) is 0.